The van der Waals surface area contributed by atoms with Crippen LogP contribution in [0.4, 0.5) is 29.1 Å². The molecule has 1 amide bonds. The number of para-hydroxylation sites is 1. The van der Waals surface area contributed by atoms with Crippen LogP contribution in [0.25, 0.3) is 4.85 Å². The Bertz CT molecular complexity index is 1380. The Labute approximate surface area is 242 Å². The Morgan fingerprint density at radius 2 is 1.93 bits per heavy atom. The molecule has 0 radical (unpaired) electrons. The summed E-state index contributed by atoms with van der Waals surface area (Å²) < 4.78 is 61.3. The first-order valence-corrected chi connectivity index (χ1v) is 13.9. The Morgan fingerprint density at radius 3 is 2.62 bits per heavy atom. The van der Waals surface area contributed by atoms with E-state index < -0.39 is 29.5 Å². The second-order valence-electron chi connectivity index (χ2n) is 10.9. The number of nitrogens with zero attached hydrogens (tertiary/aromatic N) is 7. The van der Waals surface area contributed by atoms with Crippen LogP contribution >= 0.6 is 0 Å². The third-order valence-electron chi connectivity index (χ3n) is 8.23. The SMILES string of the molecule is [C-]#[N+]C[C@H]1CN(c2nc(OC[C@@H]3CCCN3C)nc3c2CCN(c2ccccc2C(F)(F)F)C3)CCN1C(=O)C(=C)F. The molecule has 13 heteroatoms. The molecule has 2 atom stereocenters. The molecule has 9 nitrogen and oxygen atoms in total. The van der Waals surface area contributed by atoms with E-state index in [1.807, 2.05) is 11.9 Å². The highest BCUT2D eigenvalue weighted by atomic mass is 19.4. The summed E-state index contributed by atoms with van der Waals surface area (Å²) in [5.74, 6) is -1.35. The van der Waals surface area contributed by atoms with Crippen LogP contribution in [-0.2, 0) is 23.9 Å². The van der Waals surface area contributed by atoms with Crippen molar-refractivity contribution in [2.24, 2.45) is 0 Å². The lowest BCUT2D eigenvalue weighted by Gasteiger charge is -2.41. The van der Waals surface area contributed by atoms with Gasteiger partial charge in [0, 0.05) is 43.5 Å². The van der Waals surface area contributed by atoms with Crippen molar-refractivity contribution in [2.75, 3.05) is 62.7 Å². The Morgan fingerprint density at radius 1 is 1.14 bits per heavy atom. The molecule has 3 aliphatic rings. The van der Waals surface area contributed by atoms with Crippen LogP contribution in [-0.4, -0.2) is 90.7 Å². The molecule has 0 N–H and O–H groups in total. The number of amides is 1. The van der Waals surface area contributed by atoms with Gasteiger partial charge in [0.1, 0.15) is 18.5 Å². The average molecular weight is 588 g/mol. The van der Waals surface area contributed by atoms with Gasteiger partial charge in [0.15, 0.2) is 5.83 Å². The summed E-state index contributed by atoms with van der Waals surface area (Å²) in [5.41, 5.74) is 0.731. The molecular formula is C29H33F4N7O2. The van der Waals surface area contributed by atoms with Gasteiger partial charge in [-0.25, -0.2) is 11.0 Å². The molecule has 3 aliphatic heterocycles. The summed E-state index contributed by atoms with van der Waals surface area (Å²) in [6.07, 6.45) is -2.08. The molecular weight excluding hydrogens is 554 g/mol. The number of rotatable bonds is 7. The number of hydrogen-bond donors (Lipinski definition) is 0. The molecule has 2 fully saturated rings. The molecule has 2 saturated heterocycles. The number of aromatic nitrogens is 2. The van der Waals surface area contributed by atoms with E-state index in [1.165, 1.54) is 17.0 Å². The van der Waals surface area contributed by atoms with Gasteiger partial charge < -0.3 is 29.2 Å². The highest BCUT2D eigenvalue weighted by molar-refractivity contribution is 5.91. The van der Waals surface area contributed by atoms with Gasteiger partial charge in [0.2, 0.25) is 6.54 Å². The number of carbonyl (C=O) groups excluding carboxylic acids is 1. The van der Waals surface area contributed by atoms with E-state index in [0.717, 1.165) is 31.0 Å². The minimum atomic E-state index is -4.50. The first-order valence-electron chi connectivity index (χ1n) is 13.9. The summed E-state index contributed by atoms with van der Waals surface area (Å²) in [6.45, 7) is 13.0. The molecule has 0 unspecified atom stereocenters. The third kappa shape index (κ3) is 6.13. The van der Waals surface area contributed by atoms with Gasteiger partial charge in [-0.3, -0.25) is 4.79 Å². The molecule has 5 rings (SSSR count). The standard InChI is InChI=1S/C29H33F4N7O2/c1-19(30)27(41)40-14-13-39(16-21(40)15-34-2)26-22-10-12-38(25-9-5-4-8-23(25)29(31,32)33)17-24(22)35-28(36-26)42-18-20-7-6-11-37(20)3/h4-5,8-9,20-21H,1,6-7,10-18H2,3H3/t20-,21-/m0/s1. The fourth-order valence-electron chi connectivity index (χ4n) is 6.00. The number of benzene rings is 1. The zero-order valence-electron chi connectivity index (χ0n) is 23.4. The van der Waals surface area contributed by atoms with Crippen LogP contribution in [0.15, 0.2) is 36.7 Å². The van der Waals surface area contributed by atoms with E-state index in [4.69, 9.17) is 16.3 Å². The molecule has 1 aromatic heterocycles. The van der Waals surface area contributed by atoms with Gasteiger partial charge in [-0.05, 0) is 45.0 Å². The van der Waals surface area contributed by atoms with Gasteiger partial charge in [-0.15, -0.1) is 0 Å². The largest absolute Gasteiger partial charge is 0.462 e. The van der Waals surface area contributed by atoms with Crippen molar-refractivity contribution in [3.8, 4) is 6.01 Å². The van der Waals surface area contributed by atoms with Gasteiger partial charge in [0.05, 0.1) is 17.8 Å². The van der Waals surface area contributed by atoms with E-state index in [2.05, 4.69) is 21.3 Å². The summed E-state index contributed by atoms with van der Waals surface area (Å²) >= 11 is 0. The minimum Gasteiger partial charge on any atom is -0.462 e. The fraction of sp³-hybridized carbons (Fsp3) is 0.517. The normalized spacial score (nSPS) is 21.2. The fourth-order valence-corrected chi connectivity index (χ4v) is 6.00. The second kappa shape index (κ2) is 12.1. The van der Waals surface area contributed by atoms with Crippen LogP contribution in [0, 0.1) is 6.57 Å². The zero-order valence-corrected chi connectivity index (χ0v) is 23.4. The van der Waals surface area contributed by atoms with Crippen LogP contribution in [0.5, 0.6) is 6.01 Å². The number of carbonyl (C=O) groups is 1. The van der Waals surface area contributed by atoms with Crippen LogP contribution in [0.2, 0.25) is 0 Å². The zero-order chi connectivity index (χ0) is 30.0. The van der Waals surface area contributed by atoms with Crippen LogP contribution in [0.3, 0.4) is 0 Å². The first-order chi connectivity index (χ1) is 20.1. The second-order valence-corrected chi connectivity index (χ2v) is 10.9. The smallest absolute Gasteiger partial charge is 0.418 e. The third-order valence-corrected chi connectivity index (χ3v) is 8.23. The lowest BCUT2D eigenvalue weighted by molar-refractivity contribution is -0.137. The molecule has 0 saturated carbocycles. The number of halogens is 4. The maximum Gasteiger partial charge on any atom is 0.418 e. The van der Waals surface area contributed by atoms with Crippen LogP contribution < -0.4 is 14.5 Å². The number of ether oxygens (including phenoxy) is 1. The predicted octanol–water partition coefficient (Wildman–Crippen LogP) is 3.95. The molecule has 0 aliphatic carbocycles. The molecule has 42 heavy (non-hydrogen) atoms. The highest BCUT2D eigenvalue weighted by Gasteiger charge is 2.38. The number of alkyl halides is 3. The number of piperazine rings is 1. The van der Waals surface area contributed by atoms with Crippen molar-refractivity contribution < 1.29 is 27.1 Å². The number of fused-ring (bicyclic) bond motifs is 1. The molecule has 0 bridgehead atoms. The Kier molecular flexibility index (Phi) is 8.54. The van der Waals surface area contributed by atoms with Gasteiger partial charge in [0.25, 0.3) is 5.91 Å². The number of anilines is 2. The topological polar surface area (TPSA) is 69.4 Å². The molecule has 1 aromatic carbocycles. The number of likely N-dealkylation sites (tertiary alicyclic amines) is 1. The van der Waals surface area contributed by atoms with Crippen molar-refractivity contribution in [3.63, 3.8) is 0 Å². The van der Waals surface area contributed by atoms with Gasteiger partial charge in [-0.2, -0.15) is 23.1 Å². The summed E-state index contributed by atoms with van der Waals surface area (Å²) in [4.78, 5) is 32.4. The maximum absolute atomic E-state index is 13.8. The lowest BCUT2D eigenvalue weighted by Crippen LogP contribution is -2.57. The number of likely N-dealkylation sites (N-methyl/N-ethyl adjacent to an activating group) is 1. The number of hydrogen-bond acceptors (Lipinski definition) is 7. The quantitative estimate of drug-likeness (QED) is 0.276. The van der Waals surface area contributed by atoms with Crippen molar-refractivity contribution in [1.82, 2.24) is 19.8 Å². The van der Waals surface area contributed by atoms with E-state index in [-0.39, 0.29) is 43.9 Å². The first kappa shape index (κ1) is 29.6. The molecule has 2 aromatic rings. The van der Waals surface area contributed by atoms with Crippen molar-refractivity contribution in [2.45, 2.75) is 44.1 Å². The molecule has 224 valence electrons. The van der Waals surface area contributed by atoms with E-state index in [9.17, 15) is 22.4 Å². The monoisotopic (exact) mass is 587 g/mol. The maximum atomic E-state index is 13.8. The Hall–Kier alpha value is -3.92. The van der Waals surface area contributed by atoms with Gasteiger partial charge in [-0.1, -0.05) is 18.7 Å². The van der Waals surface area contributed by atoms with Crippen LogP contribution in [0.1, 0.15) is 29.7 Å². The molecule has 4 heterocycles. The van der Waals surface area contributed by atoms with Crippen molar-refractivity contribution in [1.29, 1.82) is 0 Å². The summed E-state index contributed by atoms with van der Waals surface area (Å²) in [7, 11) is 2.03. The van der Waals surface area contributed by atoms with E-state index >= 15 is 0 Å². The summed E-state index contributed by atoms with van der Waals surface area (Å²) in [6, 6.07) is 5.25. The molecule has 0 spiro atoms. The average Bonchev–Trinajstić information content (AvgIpc) is 3.39. The van der Waals surface area contributed by atoms with Gasteiger partial charge >= 0.3 is 12.2 Å². The van der Waals surface area contributed by atoms with Crippen molar-refractivity contribution >= 4 is 17.4 Å². The van der Waals surface area contributed by atoms with E-state index in [1.54, 1.807) is 11.0 Å². The predicted molar refractivity (Wildman–Crippen MR) is 149 cm³/mol. The van der Waals surface area contributed by atoms with Crippen molar-refractivity contribution in [3.05, 3.63) is 64.9 Å². The Balaban J connectivity index is 1.47. The lowest BCUT2D eigenvalue weighted by atomic mass is 10.0. The minimum absolute atomic E-state index is 0.0256. The highest BCUT2D eigenvalue weighted by Crippen LogP contribution is 2.39. The van der Waals surface area contributed by atoms with E-state index in [0.29, 0.717) is 37.6 Å². The summed E-state index contributed by atoms with van der Waals surface area (Å²) in [5, 5.41) is 0.